The zero-order chi connectivity index (χ0) is 48.3. The van der Waals surface area contributed by atoms with Crippen LogP contribution in [0.5, 0.6) is 17.2 Å². The van der Waals surface area contributed by atoms with Crippen LogP contribution in [0.15, 0.2) is 146 Å². The van der Waals surface area contributed by atoms with Gasteiger partial charge in [0.05, 0.1) is 56.8 Å². The maximum atomic E-state index is 9.77. The van der Waals surface area contributed by atoms with Crippen molar-refractivity contribution < 1.29 is 19.3 Å². The van der Waals surface area contributed by atoms with Crippen LogP contribution in [0, 0.1) is 0 Å². The minimum absolute atomic E-state index is 0.0740. The molecule has 0 fully saturated rings. The largest absolute Gasteiger partial charge is 0.497 e. The molecule has 1 N–H and O–H groups in total. The van der Waals surface area contributed by atoms with Crippen molar-refractivity contribution in [3.05, 3.63) is 163 Å². The minimum atomic E-state index is 0.0740. The van der Waals surface area contributed by atoms with Crippen LogP contribution in [0.2, 0.25) is 0 Å². The van der Waals surface area contributed by atoms with E-state index in [0.717, 1.165) is 84.5 Å². The molecule has 3 heterocycles. The Morgan fingerprint density at radius 1 is 0.435 bits per heavy atom. The van der Waals surface area contributed by atoms with E-state index >= 15 is 0 Å². The van der Waals surface area contributed by atoms with Gasteiger partial charge >= 0.3 is 0 Å². The van der Waals surface area contributed by atoms with Crippen LogP contribution in [0.3, 0.4) is 0 Å². The van der Waals surface area contributed by atoms with Crippen molar-refractivity contribution in [1.82, 2.24) is 34.8 Å². The number of nitrogens with zero attached hydrogens (tertiary/aromatic N) is 10. The number of methoxy groups -OCH3 is 3. The molecular formula is C54H55ClN10O4. The second-order valence-corrected chi connectivity index (χ2v) is 16.4. The summed E-state index contributed by atoms with van der Waals surface area (Å²) in [6, 6.07) is 47.7. The van der Waals surface area contributed by atoms with Crippen LogP contribution in [-0.4, -0.2) is 95.5 Å². The average molecular weight is 944 g/mol. The highest BCUT2D eigenvalue weighted by atomic mass is 35.5. The summed E-state index contributed by atoms with van der Waals surface area (Å²) < 4.78 is 15.9. The topological polar surface area (TPSA) is 138 Å². The maximum absolute atomic E-state index is 9.77. The molecule has 69 heavy (non-hydrogen) atoms. The molecule has 0 saturated carbocycles. The van der Waals surface area contributed by atoms with Gasteiger partial charge in [-0.3, -0.25) is 4.90 Å². The standard InChI is InChI=1S/C37H39N7O3.C17H16ClN3O/c1-42(26-14-18-28(46-3)19-15-26)36-30-10-5-7-12-32(30)38-34(40-36)24-44(22-9-23-45)25-35-39-33-13-8-6-11-31(33)37(41-35)43(2)27-16-20-29(47-4)21-17-27;1-21(12-7-9-13(22-2)10-8-12)17-14-5-3-4-6-15(14)19-16(11-18)20-17/h5-8,10-21,45H,9,22-25H2,1-4H3;3-10H,11H2,1-2H3. The Hall–Kier alpha value is -7.65. The van der Waals surface area contributed by atoms with Crippen molar-refractivity contribution in [2.45, 2.75) is 25.4 Å². The normalized spacial score (nSPS) is 11.1. The minimum Gasteiger partial charge on any atom is -0.497 e. The number of hydrogen-bond donors (Lipinski definition) is 1. The quantitative estimate of drug-likeness (QED) is 0.0867. The van der Waals surface area contributed by atoms with Gasteiger partial charge in [-0.05, 0) is 116 Å². The third-order valence-corrected chi connectivity index (χ3v) is 11.9. The number of benzene rings is 6. The lowest BCUT2D eigenvalue weighted by Crippen LogP contribution is -2.27. The molecule has 0 radical (unpaired) electrons. The van der Waals surface area contributed by atoms with Crippen molar-refractivity contribution >= 4 is 78.8 Å². The van der Waals surface area contributed by atoms with Crippen molar-refractivity contribution in [3.8, 4) is 17.2 Å². The number of halogens is 1. The molecule has 9 aromatic rings. The summed E-state index contributed by atoms with van der Waals surface area (Å²) in [6.45, 7) is 1.60. The fourth-order valence-corrected chi connectivity index (χ4v) is 8.10. The lowest BCUT2D eigenvalue weighted by molar-refractivity contribution is 0.206. The molecule has 15 heteroatoms. The molecule has 0 aliphatic rings. The van der Waals surface area contributed by atoms with Crippen molar-refractivity contribution in [1.29, 1.82) is 0 Å². The molecule has 0 aliphatic carbocycles. The highest BCUT2D eigenvalue weighted by Gasteiger charge is 2.20. The average Bonchev–Trinajstić information content (AvgIpc) is 3.41. The summed E-state index contributed by atoms with van der Waals surface area (Å²) in [5.41, 5.74) is 5.60. The van der Waals surface area contributed by atoms with Crippen LogP contribution in [0.25, 0.3) is 32.7 Å². The maximum Gasteiger partial charge on any atom is 0.146 e. The molecule has 0 saturated heterocycles. The Balaban J connectivity index is 0.000000243. The summed E-state index contributed by atoms with van der Waals surface area (Å²) in [4.78, 5) is 37.5. The summed E-state index contributed by atoms with van der Waals surface area (Å²) in [5.74, 6) is 7.13. The first kappa shape index (κ1) is 47.8. The first-order chi connectivity index (χ1) is 33.7. The number of aliphatic hydroxyl groups is 1. The third kappa shape index (κ3) is 11.2. The Kier molecular flexibility index (Phi) is 15.5. The Labute approximate surface area is 407 Å². The van der Waals surface area contributed by atoms with Crippen molar-refractivity contribution in [3.63, 3.8) is 0 Å². The monoisotopic (exact) mass is 942 g/mol. The van der Waals surface area contributed by atoms with E-state index in [1.54, 1.807) is 21.3 Å². The zero-order valence-electron chi connectivity index (χ0n) is 39.6. The molecule has 352 valence electrons. The fraction of sp³-hybridized carbons (Fsp3) is 0.222. The number of aromatic nitrogens is 6. The van der Waals surface area contributed by atoms with Gasteiger partial charge in [-0.15, -0.1) is 11.6 Å². The lowest BCUT2D eigenvalue weighted by atomic mass is 10.2. The number of ether oxygens (including phenoxy) is 3. The Bertz CT molecular complexity index is 2990. The van der Waals surface area contributed by atoms with Gasteiger partial charge in [0, 0.05) is 67.5 Å². The van der Waals surface area contributed by atoms with E-state index in [1.165, 1.54) is 0 Å². The number of alkyl halides is 1. The van der Waals surface area contributed by atoms with Crippen LogP contribution in [0.4, 0.5) is 34.5 Å². The molecule has 0 atom stereocenters. The van der Waals surface area contributed by atoms with Gasteiger partial charge in [-0.25, -0.2) is 29.9 Å². The second kappa shape index (κ2) is 22.4. The molecule has 0 amide bonds. The predicted octanol–water partition coefficient (Wildman–Crippen LogP) is 10.7. The molecule has 0 unspecified atom stereocenters. The number of hydrogen-bond acceptors (Lipinski definition) is 14. The smallest absolute Gasteiger partial charge is 0.146 e. The molecule has 14 nitrogen and oxygen atoms in total. The van der Waals surface area contributed by atoms with Gasteiger partial charge in [0.15, 0.2) is 0 Å². The van der Waals surface area contributed by atoms with Gasteiger partial charge in [0.2, 0.25) is 0 Å². The molecule has 0 aliphatic heterocycles. The number of para-hydroxylation sites is 3. The van der Waals surface area contributed by atoms with Gasteiger partial charge < -0.3 is 34.0 Å². The summed E-state index contributed by atoms with van der Waals surface area (Å²) in [6.07, 6.45) is 0.596. The second-order valence-electron chi connectivity index (χ2n) is 16.1. The van der Waals surface area contributed by atoms with E-state index < -0.39 is 0 Å². The van der Waals surface area contributed by atoms with E-state index in [9.17, 15) is 5.11 Å². The molecule has 9 rings (SSSR count). The first-order valence-corrected chi connectivity index (χ1v) is 23.0. The molecule has 0 spiro atoms. The summed E-state index contributed by atoms with van der Waals surface area (Å²) in [5, 5.41) is 12.7. The molecule has 6 aromatic carbocycles. The summed E-state index contributed by atoms with van der Waals surface area (Å²) >= 11 is 5.93. The Morgan fingerprint density at radius 2 is 0.754 bits per heavy atom. The van der Waals surface area contributed by atoms with E-state index in [-0.39, 0.29) is 12.5 Å². The van der Waals surface area contributed by atoms with Crippen molar-refractivity contribution in [2.24, 2.45) is 0 Å². The lowest BCUT2D eigenvalue weighted by Gasteiger charge is -2.25. The highest BCUT2D eigenvalue weighted by molar-refractivity contribution is 6.16. The zero-order valence-corrected chi connectivity index (χ0v) is 40.4. The number of aliphatic hydroxyl groups excluding tert-OH is 1. The molecule has 3 aromatic heterocycles. The van der Waals surface area contributed by atoms with E-state index in [0.29, 0.717) is 43.5 Å². The summed E-state index contributed by atoms with van der Waals surface area (Å²) in [7, 11) is 11.0. The highest BCUT2D eigenvalue weighted by Crippen LogP contribution is 2.33. The van der Waals surface area contributed by atoms with Crippen LogP contribution < -0.4 is 28.9 Å². The van der Waals surface area contributed by atoms with Gasteiger partial charge in [-0.1, -0.05) is 36.4 Å². The Morgan fingerprint density at radius 3 is 1.07 bits per heavy atom. The van der Waals surface area contributed by atoms with E-state index in [2.05, 4.69) is 24.7 Å². The van der Waals surface area contributed by atoms with Gasteiger partial charge in [-0.2, -0.15) is 0 Å². The number of anilines is 6. The van der Waals surface area contributed by atoms with Crippen LogP contribution in [-0.2, 0) is 19.0 Å². The van der Waals surface area contributed by atoms with Gasteiger partial charge in [0.25, 0.3) is 0 Å². The fourth-order valence-electron chi connectivity index (χ4n) is 7.98. The van der Waals surface area contributed by atoms with Gasteiger partial charge in [0.1, 0.15) is 52.2 Å². The van der Waals surface area contributed by atoms with Crippen LogP contribution >= 0.6 is 11.6 Å². The van der Waals surface area contributed by atoms with E-state index in [4.69, 9.17) is 45.7 Å². The molecule has 0 bridgehead atoms. The number of fused-ring (bicyclic) bond motifs is 3. The number of rotatable bonds is 17. The SMILES string of the molecule is COc1ccc(N(C)c2nc(CCl)nc3ccccc23)cc1.COc1ccc(N(C)c2nc(CN(CCCO)Cc3nc(N(C)c4ccc(OC)cc4)c4ccccc4n3)nc3ccccc23)cc1. The van der Waals surface area contributed by atoms with Crippen LogP contribution in [0.1, 0.15) is 23.9 Å². The van der Waals surface area contributed by atoms with Crippen molar-refractivity contribution in [2.75, 3.05) is 70.3 Å². The first-order valence-electron chi connectivity index (χ1n) is 22.5. The third-order valence-electron chi connectivity index (χ3n) is 11.7. The predicted molar refractivity (Wildman–Crippen MR) is 277 cm³/mol. The van der Waals surface area contributed by atoms with E-state index in [1.807, 2.05) is 172 Å². The molecular weight excluding hydrogens is 888 g/mol.